The molecule has 0 fully saturated rings. The van der Waals surface area contributed by atoms with Gasteiger partial charge in [0, 0.05) is 0 Å². The summed E-state index contributed by atoms with van der Waals surface area (Å²) in [6.07, 6.45) is 2.94. The SMILES string of the molecule is CCC/C=C(/C#N)C(=O)O. The highest BCUT2D eigenvalue weighted by molar-refractivity contribution is 5.90. The maximum absolute atomic E-state index is 10.1. The molecule has 3 heteroatoms. The zero-order chi connectivity index (χ0) is 7.98. The van der Waals surface area contributed by atoms with Gasteiger partial charge in [-0.2, -0.15) is 5.26 Å². The second-order valence-electron chi connectivity index (χ2n) is 1.82. The highest BCUT2D eigenvalue weighted by Gasteiger charge is 2.02. The van der Waals surface area contributed by atoms with Crippen molar-refractivity contribution in [3.05, 3.63) is 11.6 Å². The van der Waals surface area contributed by atoms with Gasteiger partial charge in [0.2, 0.25) is 0 Å². The minimum Gasteiger partial charge on any atom is -0.477 e. The number of rotatable bonds is 3. The number of carboxylic acids is 1. The molecule has 0 bridgehead atoms. The van der Waals surface area contributed by atoms with Gasteiger partial charge in [-0.15, -0.1) is 0 Å². The molecule has 0 aliphatic rings. The zero-order valence-electron chi connectivity index (χ0n) is 5.79. The van der Waals surface area contributed by atoms with Crippen LogP contribution in [0.1, 0.15) is 19.8 Å². The summed E-state index contributed by atoms with van der Waals surface area (Å²) < 4.78 is 0. The summed E-state index contributed by atoms with van der Waals surface area (Å²) in [5.41, 5.74) is -0.165. The third-order valence-electron chi connectivity index (χ3n) is 0.988. The summed E-state index contributed by atoms with van der Waals surface area (Å²) in [6, 6.07) is 1.60. The lowest BCUT2D eigenvalue weighted by atomic mass is 10.2. The van der Waals surface area contributed by atoms with Crippen molar-refractivity contribution < 1.29 is 9.90 Å². The number of nitriles is 1. The average Bonchev–Trinajstić information content (AvgIpc) is 1.89. The van der Waals surface area contributed by atoms with Gasteiger partial charge in [-0.1, -0.05) is 19.4 Å². The Kier molecular flexibility index (Phi) is 3.97. The van der Waals surface area contributed by atoms with Crippen molar-refractivity contribution >= 4 is 5.97 Å². The Hall–Kier alpha value is -1.30. The first kappa shape index (κ1) is 8.70. The number of hydrogen-bond donors (Lipinski definition) is 1. The molecule has 0 saturated heterocycles. The quantitative estimate of drug-likeness (QED) is 0.473. The predicted molar refractivity (Wildman–Crippen MR) is 36.2 cm³/mol. The molecule has 0 rings (SSSR count). The molecule has 10 heavy (non-hydrogen) atoms. The molecule has 0 atom stereocenters. The summed E-state index contributed by atoms with van der Waals surface area (Å²) in [6.45, 7) is 1.92. The monoisotopic (exact) mass is 139 g/mol. The van der Waals surface area contributed by atoms with E-state index in [1.54, 1.807) is 6.07 Å². The largest absolute Gasteiger partial charge is 0.477 e. The van der Waals surface area contributed by atoms with Crippen LogP contribution in [0.3, 0.4) is 0 Å². The van der Waals surface area contributed by atoms with Gasteiger partial charge in [-0.25, -0.2) is 4.79 Å². The van der Waals surface area contributed by atoms with Gasteiger partial charge in [0.05, 0.1) is 0 Å². The molecule has 1 N–H and O–H groups in total. The van der Waals surface area contributed by atoms with Crippen molar-refractivity contribution in [3.63, 3.8) is 0 Å². The van der Waals surface area contributed by atoms with Crippen molar-refractivity contribution in [3.8, 4) is 6.07 Å². The van der Waals surface area contributed by atoms with E-state index in [2.05, 4.69) is 0 Å². The molecule has 0 aliphatic heterocycles. The van der Waals surface area contributed by atoms with E-state index in [1.165, 1.54) is 6.08 Å². The number of hydrogen-bond acceptors (Lipinski definition) is 2. The van der Waals surface area contributed by atoms with Crippen molar-refractivity contribution in [2.45, 2.75) is 19.8 Å². The minimum absolute atomic E-state index is 0.165. The smallest absolute Gasteiger partial charge is 0.346 e. The third-order valence-corrected chi connectivity index (χ3v) is 0.988. The van der Waals surface area contributed by atoms with E-state index in [-0.39, 0.29) is 5.57 Å². The molecule has 54 valence electrons. The maximum Gasteiger partial charge on any atom is 0.346 e. The molecule has 0 aliphatic carbocycles. The van der Waals surface area contributed by atoms with Crippen LogP contribution in [-0.2, 0) is 4.79 Å². The number of nitrogens with zero attached hydrogens (tertiary/aromatic N) is 1. The van der Waals surface area contributed by atoms with Crippen molar-refractivity contribution in [1.82, 2.24) is 0 Å². The van der Waals surface area contributed by atoms with E-state index in [1.807, 2.05) is 6.92 Å². The fourth-order valence-electron chi connectivity index (χ4n) is 0.469. The number of unbranched alkanes of at least 4 members (excludes halogenated alkanes) is 1. The van der Waals surface area contributed by atoms with Crippen LogP contribution >= 0.6 is 0 Å². The van der Waals surface area contributed by atoms with Gasteiger partial charge in [0.1, 0.15) is 11.6 Å². The number of carbonyl (C=O) groups is 1. The molecule has 0 saturated carbocycles. The van der Waals surface area contributed by atoms with Crippen LogP contribution in [0, 0.1) is 11.3 Å². The van der Waals surface area contributed by atoms with Gasteiger partial charge in [-0.05, 0) is 6.42 Å². The summed E-state index contributed by atoms with van der Waals surface area (Å²) in [5.74, 6) is -1.14. The van der Waals surface area contributed by atoms with Crippen molar-refractivity contribution in [2.24, 2.45) is 0 Å². The van der Waals surface area contributed by atoms with E-state index in [0.717, 1.165) is 6.42 Å². The van der Waals surface area contributed by atoms with E-state index < -0.39 is 5.97 Å². The summed E-state index contributed by atoms with van der Waals surface area (Å²) in [5, 5.41) is 16.5. The Bertz CT molecular complexity index is 188. The number of carboxylic acid groups (broad SMARTS) is 1. The van der Waals surface area contributed by atoms with Crippen LogP contribution in [0.25, 0.3) is 0 Å². The maximum atomic E-state index is 10.1. The van der Waals surface area contributed by atoms with Crippen LogP contribution in [0.4, 0.5) is 0 Å². The lowest BCUT2D eigenvalue weighted by Crippen LogP contribution is -1.97. The molecular formula is C7H9NO2. The molecule has 0 aromatic rings. The van der Waals surface area contributed by atoms with E-state index in [4.69, 9.17) is 10.4 Å². The lowest BCUT2D eigenvalue weighted by Gasteiger charge is -1.87. The zero-order valence-corrected chi connectivity index (χ0v) is 5.79. The molecular weight excluding hydrogens is 130 g/mol. The van der Waals surface area contributed by atoms with Gasteiger partial charge in [-0.3, -0.25) is 0 Å². The van der Waals surface area contributed by atoms with Gasteiger partial charge in [0.25, 0.3) is 0 Å². The second kappa shape index (κ2) is 4.57. The van der Waals surface area contributed by atoms with E-state index in [0.29, 0.717) is 6.42 Å². The molecule has 0 aromatic heterocycles. The Morgan fingerprint density at radius 1 is 1.80 bits per heavy atom. The summed E-state index contributed by atoms with van der Waals surface area (Å²) in [4.78, 5) is 10.1. The Morgan fingerprint density at radius 2 is 2.40 bits per heavy atom. The first-order chi connectivity index (χ1) is 4.72. The molecule has 0 aromatic carbocycles. The van der Waals surface area contributed by atoms with Crippen LogP contribution in [0.2, 0.25) is 0 Å². The number of aliphatic carboxylic acids is 1. The van der Waals surface area contributed by atoms with Crippen molar-refractivity contribution in [1.29, 1.82) is 5.26 Å². The lowest BCUT2D eigenvalue weighted by molar-refractivity contribution is -0.132. The summed E-state index contributed by atoms with van der Waals surface area (Å²) in [7, 11) is 0. The highest BCUT2D eigenvalue weighted by atomic mass is 16.4. The highest BCUT2D eigenvalue weighted by Crippen LogP contribution is 1.96. The van der Waals surface area contributed by atoms with Crippen LogP contribution in [-0.4, -0.2) is 11.1 Å². The predicted octanol–water partition coefficient (Wildman–Crippen LogP) is 1.32. The molecule has 0 heterocycles. The van der Waals surface area contributed by atoms with Crippen LogP contribution < -0.4 is 0 Å². The second-order valence-corrected chi connectivity index (χ2v) is 1.82. The van der Waals surface area contributed by atoms with Crippen LogP contribution in [0.5, 0.6) is 0 Å². The summed E-state index contributed by atoms with van der Waals surface area (Å²) >= 11 is 0. The first-order valence-corrected chi connectivity index (χ1v) is 3.06. The van der Waals surface area contributed by atoms with Gasteiger partial charge >= 0.3 is 5.97 Å². The Morgan fingerprint density at radius 3 is 2.70 bits per heavy atom. The first-order valence-electron chi connectivity index (χ1n) is 3.06. The van der Waals surface area contributed by atoms with E-state index in [9.17, 15) is 4.79 Å². The topological polar surface area (TPSA) is 61.1 Å². The van der Waals surface area contributed by atoms with Crippen molar-refractivity contribution in [2.75, 3.05) is 0 Å². The van der Waals surface area contributed by atoms with Gasteiger partial charge in [0.15, 0.2) is 0 Å². The van der Waals surface area contributed by atoms with E-state index >= 15 is 0 Å². The average molecular weight is 139 g/mol. The van der Waals surface area contributed by atoms with Crippen LogP contribution in [0.15, 0.2) is 11.6 Å². The normalized spacial score (nSPS) is 10.6. The standard InChI is InChI=1S/C7H9NO2/c1-2-3-4-6(5-8)7(9)10/h4H,2-3H2,1H3,(H,9,10)/b6-4-. The Labute approximate surface area is 59.6 Å². The number of allylic oxidation sites excluding steroid dienone is 1. The molecule has 0 radical (unpaired) electrons. The molecule has 0 spiro atoms. The molecule has 0 amide bonds. The molecule has 3 nitrogen and oxygen atoms in total. The molecule has 0 unspecified atom stereocenters. The fourth-order valence-corrected chi connectivity index (χ4v) is 0.469. The third kappa shape index (κ3) is 2.88. The fraction of sp³-hybridized carbons (Fsp3) is 0.429. The Balaban J connectivity index is 4.09. The minimum atomic E-state index is -1.14. The van der Waals surface area contributed by atoms with Gasteiger partial charge < -0.3 is 5.11 Å².